The van der Waals surface area contributed by atoms with E-state index >= 15 is 0 Å². The number of nitrogens with two attached hydrogens (primary N) is 2. The van der Waals surface area contributed by atoms with E-state index in [4.69, 9.17) is 20.9 Å². The fourth-order valence-corrected chi connectivity index (χ4v) is 2.65. The van der Waals surface area contributed by atoms with Crippen LogP contribution >= 0.6 is 24.8 Å². The Hall–Kier alpha value is -1.43. The van der Waals surface area contributed by atoms with Gasteiger partial charge in [-0.05, 0) is 18.9 Å². The summed E-state index contributed by atoms with van der Waals surface area (Å²) in [6.45, 7) is 4.32. The molecule has 0 aromatic carbocycles. The highest BCUT2D eigenvalue weighted by atomic mass is 35.5. The van der Waals surface area contributed by atoms with Crippen LogP contribution in [0, 0.1) is 5.92 Å². The molecule has 1 aliphatic rings. The summed E-state index contributed by atoms with van der Waals surface area (Å²) < 4.78 is 11.9. The average molecular weight is 429 g/mol. The van der Waals surface area contributed by atoms with E-state index in [0.29, 0.717) is 0 Å². The lowest BCUT2D eigenvalue weighted by Gasteiger charge is -2.30. The molecule has 1 unspecified atom stereocenters. The Bertz CT molecular complexity index is 699. The Labute approximate surface area is 168 Å². The summed E-state index contributed by atoms with van der Waals surface area (Å²) in [5, 5.41) is 20.4. The van der Waals surface area contributed by atoms with Gasteiger partial charge in [-0.2, -0.15) is 4.98 Å². The van der Waals surface area contributed by atoms with E-state index in [1.54, 1.807) is 13.8 Å². The second kappa shape index (κ2) is 9.67. The van der Waals surface area contributed by atoms with E-state index in [1.807, 2.05) is 0 Å². The molecule has 12 heteroatoms. The van der Waals surface area contributed by atoms with Gasteiger partial charge in [0.25, 0.3) is 0 Å². The van der Waals surface area contributed by atoms with Crippen LogP contribution in [0.5, 0.6) is 0 Å². The summed E-state index contributed by atoms with van der Waals surface area (Å²) >= 11 is 0. The summed E-state index contributed by atoms with van der Waals surface area (Å²) in [5.41, 5.74) is 8.67. The SMILES string of the molecule is CC(C)C(N)C(=O)O[C@@H]1[C@@H](CO)O[C@@H](n2ccc(N)nc2=O)[C@]1(C)O.Cl.Cl. The number of halogens is 2. The van der Waals surface area contributed by atoms with Crippen LogP contribution in [0.15, 0.2) is 17.1 Å². The molecule has 0 aliphatic carbocycles. The number of rotatable bonds is 5. The molecule has 1 saturated heterocycles. The van der Waals surface area contributed by atoms with Crippen LogP contribution in [0.1, 0.15) is 27.0 Å². The minimum absolute atomic E-state index is 0. The third-order valence-electron chi connectivity index (χ3n) is 4.23. The van der Waals surface area contributed by atoms with Gasteiger partial charge in [-0.1, -0.05) is 13.8 Å². The average Bonchev–Trinajstić information content (AvgIpc) is 2.77. The normalized spacial score (nSPS) is 28.2. The minimum atomic E-state index is -1.80. The molecule has 1 aromatic heterocycles. The van der Waals surface area contributed by atoms with Crippen molar-refractivity contribution >= 4 is 36.6 Å². The molecule has 27 heavy (non-hydrogen) atoms. The molecule has 0 radical (unpaired) electrons. The van der Waals surface area contributed by atoms with Crippen molar-refractivity contribution in [1.29, 1.82) is 0 Å². The molecule has 2 rings (SSSR count). The molecule has 1 fully saturated rings. The lowest BCUT2D eigenvalue weighted by molar-refractivity contribution is -0.166. The van der Waals surface area contributed by atoms with Gasteiger partial charge in [-0.3, -0.25) is 9.36 Å². The van der Waals surface area contributed by atoms with Gasteiger partial charge < -0.3 is 31.2 Å². The van der Waals surface area contributed by atoms with Gasteiger partial charge >= 0.3 is 11.7 Å². The Kier molecular flexibility index (Phi) is 9.16. The van der Waals surface area contributed by atoms with E-state index in [0.717, 1.165) is 4.57 Å². The molecule has 0 amide bonds. The minimum Gasteiger partial charge on any atom is -0.455 e. The smallest absolute Gasteiger partial charge is 0.351 e. The summed E-state index contributed by atoms with van der Waals surface area (Å²) in [4.78, 5) is 27.8. The van der Waals surface area contributed by atoms with Crippen LogP contribution in [0.2, 0.25) is 0 Å². The fraction of sp³-hybridized carbons (Fsp3) is 0.667. The number of ether oxygens (including phenoxy) is 2. The van der Waals surface area contributed by atoms with E-state index in [-0.39, 0.29) is 36.5 Å². The van der Waals surface area contributed by atoms with Crippen LogP contribution in [-0.2, 0) is 14.3 Å². The number of anilines is 1. The molecule has 2 heterocycles. The van der Waals surface area contributed by atoms with Gasteiger partial charge in [0.1, 0.15) is 23.6 Å². The first-order valence-corrected chi connectivity index (χ1v) is 7.89. The highest BCUT2D eigenvalue weighted by Gasteiger charge is 2.56. The predicted molar refractivity (Wildman–Crippen MR) is 102 cm³/mol. The van der Waals surface area contributed by atoms with Gasteiger partial charge in [0.2, 0.25) is 0 Å². The van der Waals surface area contributed by atoms with Crippen LogP contribution < -0.4 is 17.2 Å². The maximum absolute atomic E-state index is 12.2. The molecular weight excluding hydrogens is 403 g/mol. The van der Waals surface area contributed by atoms with Crippen LogP contribution in [0.4, 0.5) is 5.82 Å². The van der Waals surface area contributed by atoms with Crippen molar-refractivity contribution in [1.82, 2.24) is 9.55 Å². The van der Waals surface area contributed by atoms with Crippen LogP contribution in [0.25, 0.3) is 0 Å². The Morgan fingerprint density at radius 3 is 2.56 bits per heavy atom. The van der Waals surface area contributed by atoms with Crippen molar-refractivity contribution in [3.05, 3.63) is 22.7 Å². The third kappa shape index (κ3) is 5.09. The van der Waals surface area contributed by atoms with Gasteiger partial charge in [-0.15, -0.1) is 24.8 Å². The summed E-state index contributed by atoms with van der Waals surface area (Å²) in [5.74, 6) is -0.888. The Morgan fingerprint density at radius 2 is 2.07 bits per heavy atom. The zero-order valence-corrected chi connectivity index (χ0v) is 16.8. The molecule has 0 saturated carbocycles. The number of aliphatic hydroxyl groups excluding tert-OH is 1. The van der Waals surface area contributed by atoms with E-state index in [1.165, 1.54) is 19.2 Å². The highest BCUT2D eigenvalue weighted by Crippen LogP contribution is 2.39. The quantitative estimate of drug-likeness (QED) is 0.439. The number of carbonyl (C=O) groups is 1. The number of aromatic nitrogens is 2. The molecule has 1 aromatic rings. The number of hydrogen-bond acceptors (Lipinski definition) is 9. The van der Waals surface area contributed by atoms with Crippen LogP contribution in [0.3, 0.4) is 0 Å². The van der Waals surface area contributed by atoms with Gasteiger partial charge in [0.05, 0.1) is 6.61 Å². The first kappa shape index (κ1) is 25.6. The van der Waals surface area contributed by atoms with E-state index in [2.05, 4.69) is 4.98 Å². The van der Waals surface area contributed by atoms with Crippen molar-refractivity contribution in [3.8, 4) is 0 Å². The zero-order valence-electron chi connectivity index (χ0n) is 15.1. The summed E-state index contributed by atoms with van der Waals surface area (Å²) in [6, 6.07) is 0.470. The molecule has 156 valence electrons. The van der Waals surface area contributed by atoms with Crippen molar-refractivity contribution in [2.45, 2.75) is 50.8 Å². The molecule has 0 spiro atoms. The first-order chi connectivity index (χ1) is 11.6. The van der Waals surface area contributed by atoms with Gasteiger partial charge in [0.15, 0.2) is 12.3 Å². The van der Waals surface area contributed by atoms with Crippen molar-refractivity contribution in [2.75, 3.05) is 12.3 Å². The lowest BCUT2D eigenvalue weighted by Crippen LogP contribution is -2.51. The van der Waals surface area contributed by atoms with Gasteiger partial charge in [-0.25, -0.2) is 4.79 Å². The second-order valence-corrected chi connectivity index (χ2v) is 6.60. The first-order valence-electron chi connectivity index (χ1n) is 7.89. The maximum Gasteiger partial charge on any atom is 0.351 e. The number of esters is 1. The fourth-order valence-electron chi connectivity index (χ4n) is 2.65. The van der Waals surface area contributed by atoms with Gasteiger partial charge in [0, 0.05) is 6.20 Å². The number of aliphatic hydroxyl groups is 2. The second-order valence-electron chi connectivity index (χ2n) is 6.60. The predicted octanol–water partition coefficient (Wildman–Crippen LogP) is -0.795. The summed E-state index contributed by atoms with van der Waals surface area (Å²) in [6.07, 6.45) is -2.17. The molecule has 5 atom stereocenters. The Morgan fingerprint density at radius 1 is 1.48 bits per heavy atom. The highest BCUT2D eigenvalue weighted by molar-refractivity contribution is 5.85. The van der Waals surface area contributed by atoms with E-state index in [9.17, 15) is 19.8 Å². The number of nitrogens with zero attached hydrogens (tertiary/aromatic N) is 2. The maximum atomic E-state index is 12.2. The zero-order chi connectivity index (χ0) is 18.9. The van der Waals surface area contributed by atoms with E-state index < -0.39 is 48.3 Å². The third-order valence-corrected chi connectivity index (χ3v) is 4.23. The molecule has 1 aliphatic heterocycles. The topological polar surface area (TPSA) is 163 Å². The number of hydrogen-bond donors (Lipinski definition) is 4. The molecule has 10 nitrogen and oxygen atoms in total. The summed E-state index contributed by atoms with van der Waals surface area (Å²) in [7, 11) is 0. The van der Waals surface area contributed by atoms with Crippen molar-refractivity contribution in [3.63, 3.8) is 0 Å². The molecular formula is C15H26Cl2N4O6. The monoisotopic (exact) mass is 428 g/mol. The Balaban J connectivity index is 0.00000338. The van der Waals surface area contributed by atoms with Crippen molar-refractivity contribution < 1.29 is 24.5 Å². The van der Waals surface area contributed by atoms with Crippen molar-refractivity contribution in [2.24, 2.45) is 11.7 Å². The number of nitrogen functional groups attached to an aromatic ring is 1. The molecule has 0 bridgehead atoms. The molecule has 6 N–H and O–H groups in total. The largest absolute Gasteiger partial charge is 0.455 e. The standard InChI is InChI=1S/C15H24N4O6.2ClH/c1-7(2)10(17)12(21)25-11-8(6-20)24-13(15(11,3)23)19-5-4-9(16)18-14(19)22;;/h4-5,7-8,10-11,13,20,23H,6,17H2,1-3H3,(H2,16,18,22);2*1H/t8-,10?,11-,13-,15-;;/m1../s1. The lowest BCUT2D eigenvalue weighted by atomic mass is 9.95. The van der Waals surface area contributed by atoms with Crippen LogP contribution in [-0.4, -0.2) is 56.2 Å². The number of carbonyl (C=O) groups excluding carboxylic acids is 1.